The first kappa shape index (κ1) is 16.6. The van der Waals surface area contributed by atoms with Crippen LogP contribution in [0.5, 0.6) is 0 Å². The molecule has 27 heavy (non-hydrogen) atoms. The molecule has 3 aliphatic rings. The number of ether oxygens (including phenoxy) is 1. The van der Waals surface area contributed by atoms with E-state index < -0.39 is 10.0 Å². The molecule has 140 valence electrons. The molecular formula is C20H21N3O3S. The lowest BCUT2D eigenvalue weighted by atomic mass is 10.1. The van der Waals surface area contributed by atoms with Crippen molar-refractivity contribution in [2.45, 2.75) is 43.6 Å². The summed E-state index contributed by atoms with van der Waals surface area (Å²) in [6.07, 6.45) is 3.57. The molecule has 6 nitrogen and oxygen atoms in total. The Hall–Kier alpha value is -2.54. The zero-order chi connectivity index (χ0) is 18.4. The number of anilines is 1. The Morgan fingerprint density at radius 2 is 1.89 bits per heavy atom. The summed E-state index contributed by atoms with van der Waals surface area (Å²) in [6.45, 7) is 0.370. The minimum Gasteiger partial charge on any atom is -0.460 e. The van der Waals surface area contributed by atoms with E-state index in [0.29, 0.717) is 18.3 Å². The second-order valence-electron chi connectivity index (χ2n) is 7.33. The Morgan fingerprint density at radius 3 is 2.74 bits per heavy atom. The number of amidine groups is 1. The molecule has 0 spiro atoms. The highest BCUT2D eigenvalue weighted by Gasteiger charge is 2.35. The Labute approximate surface area is 158 Å². The predicted octanol–water partition coefficient (Wildman–Crippen LogP) is 3.39. The van der Waals surface area contributed by atoms with Crippen LogP contribution in [0.1, 0.15) is 42.0 Å². The fourth-order valence-corrected chi connectivity index (χ4v) is 5.10. The van der Waals surface area contributed by atoms with Gasteiger partial charge >= 0.3 is 0 Å². The van der Waals surface area contributed by atoms with E-state index in [9.17, 15) is 8.42 Å². The van der Waals surface area contributed by atoms with Crippen molar-refractivity contribution >= 4 is 27.4 Å². The summed E-state index contributed by atoms with van der Waals surface area (Å²) in [4.78, 5) is 4.57. The van der Waals surface area contributed by atoms with E-state index in [1.54, 1.807) is 12.1 Å². The average Bonchev–Trinajstić information content (AvgIpc) is 3.45. The van der Waals surface area contributed by atoms with Crippen LogP contribution in [0.2, 0.25) is 0 Å². The van der Waals surface area contributed by atoms with Gasteiger partial charge in [0.05, 0.1) is 17.0 Å². The third-order valence-electron chi connectivity index (χ3n) is 5.32. The highest BCUT2D eigenvalue weighted by atomic mass is 32.2. The van der Waals surface area contributed by atoms with Crippen LogP contribution in [0.4, 0.5) is 11.4 Å². The summed E-state index contributed by atoms with van der Waals surface area (Å²) in [5.74, 6) is 0. The monoisotopic (exact) mass is 383 g/mol. The van der Waals surface area contributed by atoms with Gasteiger partial charge in [-0.2, -0.15) is 4.99 Å². The van der Waals surface area contributed by atoms with Crippen molar-refractivity contribution in [3.63, 3.8) is 0 Å². The maximum absolute atomic E-state index is 12.1. The molecular weight excluding hydrogens is 362 g/mol. The van der Waals surface area contributed by atoms with Gasteiger partial charge in [-0.1, -0.05) is 24.3 Å². The van der Waals surface area contributed by atoms with Gasteiger partial charge in [-0.15, -0.1) is 0 Å². The number of aryl methyl sites for hydroxylation is 1. The van der Waals surface area contributed by atoms with Crippen molar-refractivity contribution in [1.82, 2.24) is 5.32 Å². The Balaban J connectivity index is 1.33. The molecule has 1 saturated carbocycles. The number of rotatable bonds is 4. The Kier molecular flexibility index (Phi) is 3.86. The highest BCUT2D eigenvalue weighted by molar-refractivity contribution is 7.93. The predicted molar refractivity (Wildman–Crippen MR) is 105 cm³/mol. The van der Waals surface area contributed by atoms with Gasteiger partial charge in [0, 0.05) is 11.3 Å². The first-order valence-corrected chi connectivity index (χ1v) is 10.8. The normalized spacial score (nSPS) is 20.9. The molecule has 1 aliphatic heterocycles. The summed E-state index contributed by atoms with van der Waals surface area (Å²) < 4.78 is 32.6. The lowest BCUT2D eigenvalue weighted by Crippen LogP contribution is -2.30. The van der Waals surface area contributed by atoms with Crippen molar-refractivity contribution in [2.24, 2.45) is 4.99 Å². The van der Waals surface area contributed by atoms with E-state index in [4.69, 9.17) is 4.74 Å². The first-order valence-electron chi connectivity index (χ1n) is 9.29. The fourth-order valence-electron chi connectivity index (χ4n) is 3.72. The highest BCUT2D eigenvalue weighted by Crippen LogP contribution is 2.34. The van der Waals surface area contributed by atoms with Crippen molar-refractivity contribution in [2.75, 3.05) is 4.72 Å². The van der Waals surface area contributed by atoms with E-state index in [-0.39, 0.29) is 11.3 Å². The van der Waals surface area contributed by atoms with Gasteiger partial charge in [-0.25, -0.2) is 8.42 Å². The maximum atomic E-state index is 12.1. The van der Waals surface area contributed by atoms with Crippen molar-refractivity contribution in [3.8, 4) is 0 Å². The molecule has 2 aromatic rings. The fraction of sp³-hybridized carbons (Fsp3) is 0.350. The minimum absolute atomic E-state index is 0.214. The number of sulfonamides is 1. The number of hydrogen-bond acceptors (Lipinski definition) is 5. The molecule has 0 radical (unpaired) electrons. The molecule has 0 bridgehead atoms. The average molecular weight is 383 g/mol. The zero-order valence-corrected chi connectivity index (χ0v) is 15.6. The molecule has 7 heteroatoms. The maximum Gasteiger partial charge on any atom is 0.290 e. The molecule has 2 N–H and O–H groups in total. The SMILES string of the molecule is O=S(=O)(Nc1ccc2c(c1)COC(NC1CCc3ccccc31)=N2)C1CC1. The quantitative estimate of drug-likeness (QED) is 0.848. The third-order valence-corrected chi connectivity index (χ3v) is 7.19. The van der Waals surface area contributed by atoms with Gasteiger partial charge in [0.2, 0.25) is 10.0 Å². The van der Waals surface area contributed by atoms with Crippen LogP contribution in [0.3, 0.4) is 0 Å². The molecule has 5 rings (SSSR count). The van der Waals surface area contributed by atoms with Gasteiger partial charge in [-0.05, 0) is 55.0 Å². The van der Waals surface area contributed by atoms with Crippen LogP contribution in [0.25, 0.3) is 0 Å². The number of benzene rings is 2. The molecule has 1 fully saturated rings. The summed E-state index contributed by atoms with van der Waals surface area (Å²) in [7, 11) is -3.26. The van der Waals surface area contributed by atoms with E-state index >= 15 is 0 Å². The van der Waals surface area contributed by atoms with Crippen LogP contribution in [-0.4, -0.2) is 19.7 Å². The van der Waals surface area contributed by atoms with Crippen molar-refractivity contribution in [3.05, 3.63) is 59.2 Å². The minimum atomic E-state index is -3.26. The largest absolute Gasteiger partial charge is 0.460 e. The standard InChI is InChI=1S/C20H21N3O3S/c24-27(25,16-7-8-16)23-15-6-10-18-14(11-15)12-26-20(21-18)22-19-9-5-13-3-1-2-4-17(13)19/h1-4,6,10-11,16,19,23H,5,7-9,12H2,(H,21,22). The van der Waals surface area contributed by atoms with E-state index in [0.717, 1.165) is 36.9 Å². The van der Waals surface area contributed by atoms with Gasteiger partial charge in [0.15, 0.2) is 0 Å². The second kappa shape index (κ2) is 6.27. The van der Waals surface area contributed by atoms with Crippen LogP contribution in [-0.2, 0) is 27.8 Å². The first-order chi connectivity index (χ1) is 13.1. The van der Waals surface area contributed by atoms with Gasteiger partial charge in [0.25, 0.3) is 6.02 Å². The summed E-state index contributed by atoms with van der Waals surface area (Å²) in [6, 6.07) is 14.6. The molecule has 2 aromatic carbocycles. The Morgan fingerprint density at radius 1 is 1.04 bits per heavy atom. The van der Waals surface area contributed by atoms with E-state index in [2.05, 4.69) is 39.3 Å². The summed E-state index contributed by atoms with van der Waals surface area (Å²) in [5.41, 5.74) is 4.94. The van der Waals surface area contributed by atoms with Gasteiger partial charge in [0.1, 0.15) is 6.61 Å². The number of hydrogen-bond donors (Lipinski definition) is 2. The van der Waals surface area contributed by atoms with Crippen LogP contribution >= 0.6 is 0 Å². The third kappa shape index (κ3) is 3.27. The molecule has 0 aromatic heterocycles. The molecule has 1 atom stereocenters. The molecule has 1 heterocycles. The van der Waals surface area contributed by atoms with Gasteiger partial charge < -0.3 is 10.1 Å². The number of nitrogens with zero attached hydrogens (tertiary/aromatic N) is 1. The van der Waals surface area contributed by atoms with Crippen LogP contribution in [0, 0.1) is 0 Å². The smallest absolute Gasteiger partial charge is 0.290 e. The van der Waals surface area contributed by atoms with Gasteiger partial charge in [-0.3, -0.25) is 4.72 Å². The van der Waals surface area contributed by atoms with Crippen LogP contribution in [0.15, 0.2) is 47.5 Å². The molecule has 0 amide bonds. The summed E-state index contributed by atoms with van der Waals surface area (Å²) >= 11 is 0. The topological polar surface area (TPSA) is 79.8 Å². The van der Waals surface area contributed by atoms with Crippen molar-refractivity contribution < 1.29 is 13.2 Å². The lowest BCUT2D eigenvalue weighted by Gasteiger charge is -2.22. The molecule has 1 unspecified atom stereocenters. The molecule has 0 saturated heterocycles. The number of fused-ring (bicyclic) bond motifs is 2. The molecule has 2 aliphatic carbocycles. The second-order valence-corrected chi connectivity index (χ2v) is 9.29. The number of aliphatic imine (C=N–C) groups is 1. The Bertz CT molecular complexity index is 1030. The van der Waals surface area contributed by atoms with Crippen molar-refractivity contribution in [1.29, 1.82) is 0 Å². The van der Waals surface area contributed by atoms with E-state index in [1.807, 2.05) is 6.07 Å². The lowest BCUT2D eigenvalue weighted by molar-refractivity contribution is 0.266. The zero-order valence-electron chi connectivity index (χ0n) is 14.8. The van der Waals surface area contributed by atoms with Crippen LogP contribution < -0.4 is 10.0 Å². The number of nitrogens with one attached hydrogen (secondary N) is 2. The van der Waals surface area contributed by atoms with E-state index in [1.165, 1.54) is 11.1 Å². The summed E-state index contributed by atoms with van der Waals surface area (Å²) in [5, 5.41) is 3.16.